The number of urea groups is 2. The third-order valence-electron chi connectivity index (χ3n) is 4.94. The molecule has 9 amide bonds. The van der Waals surface area contributed by atoms with Gasteiger partial charge in [-0.05, 0) is 43.9 Å². The lowest BCUT2D eigenvalue weighted by Crippen LogP contribution is -2.31. The third kappa shape index (κ3) is 119. The number of thioether (sulfide) groups is 2. The van der Waals surface area contributed by atoms with Crippen LogP contribution in [-0.2, 0) is 38.2 Å². The summed E-state index contributed by atoms with van der Waals surface area (Å²) in [4.78, 5) is 92.5. The Morgan fingerprint density at radius 1 is 0.456 bits per heavy atom. The van der Waals surface area contributed by atoms with E-state index in [2.05, 4.69) is 120 Å². The molecule has 0 aliphatic carbocycles. The quantitative estimate of drug-likeness (QED) is 0.0880. The van der Waals surface area contributed by atoms with E-state index in [4.69, 9.17) is 12.2 Å². The highest BCUT2D eigenvalue weighted by molar-refractivity contribution is 8.22. The summed E-state index contributed by atoms with van der Waals surface area (Å²) < 4.78 is 13.6. The molecule has 13 N–H and O–H groups in total. The minimum Gasteiger partial charge on any atom is -0.474 e. The number of nitrogens with one attached hydrogen (secondary N) is 13. The summed E-state index contributed by atoms with van der Waals surface area (Å²) in [6.45, 7) is 4.54. The van der Waals surface area contributed by atoms with E-state index < -0.39 is 29.7 Å². The Kier molecular flexibility index (Phi) is 99.8. The van der Waals surface area contributed by atoms with Crippen LogP contribution in [-0.4, -0.2) is 217 Å². The predicted octanol–water partition coefficient (Wildman–Crippen LogP) is -0.673. The first-order valence-electron chi connectivity index (χ1n) is 18.6. The van der Waals surface area contributed by atoms with Crippen LogP contribution in [0.25, 0.3) is 0 Å². The van der Waals surface area contributed by atoms with E-state index >= 15 is 0 Å². The van der Waals surface area contributed by atoms with E-state index in [1.165, 1.54) is 65.9 Å². The van der Waals surface area contributed by atoms with Gasteiger partial charge in [-0.1, -0.05) is 36.2 Å². The molecule has 0 aliphatic heterocycles. The largest absolute Gasteiger partial charge is 0.474 e. The van der Waals surface area contributed by atoms with Gasteiger partial charge >= 0.3 is 30.0 Å². The highest BCUT2D eigenvalue weighted by Crippen LogP contribution is 1.90. The van der Waals surface area contributed by atoms with E-state index in [0.29, 0.717) is 10.3 Å². The van der Waals surface area contributed by atoms with Crippen molar-refractivity contribution in [1.29, 1.82) is 0 Å². The molecule has 0 aliphatic rings. The van der Waals surface area contributed by atoms with Crippen molar-refractivity contribution in [3.05, 3.63) is 0 Å². The fourth-order valence-electron chi connectivity index (χ4n) is 1.25. The monoisotopic (exact) mass is 1090 g/mol. The van der Waals surface area contributed by atoms with Crippen molar-refractivity contribution in [2.75, 3.05) is 140 Å². The summed E-state index contributed by atoms with van der Waals surface area (Å²) in [5, 5.41) is 33.3. The SMILES string of the molecule is CNC(=O)C(=O)OC.CNC(=O)C(C)=O.CNC(=O)N(C)C.CNC(=O)NC.CNC(=O)OC.CNC(=O)SC.CNC(=S)NC.CNC(=S)OC.CNC(=S)SC.CNC(C)=O.CNC(C)=S. The van der Waals surface area contributed by atoms with E-state index in [1.807, 2.05) is 27.3 Å². The first-order chi connectivity index (χ1) is 31.5. The maximum atomic E-state index is 10.3. The summed E-state index contributed by atoms with van der Waals surface area (Å²) >= 11 is 21.2. The van der Waals surface area contributed by atoms with Gasteiger partial charge in [0.25, 0.3) is 16.3 Å². The number of ether oxygens (including phenoxy) is 3. The molecular weight excluding hydrogens is 1010 g/mol. The molecule has 0 heterocycles. The van der Waals surface area contributed by atoms with Gasteiger partial charge in [0.2, 0.25) is 11.7 Å². The summed E-state index contributed by atoms with van der Waals surface area (Å²) in [6.07, 6.45) is 3.27. The summed E-state index contributed by atoms with van der Waals surface area (Å²) in [7, 11) is 28.5. The molecular formula is C36H82N14O12S6. The standard InChI is InChI=1S/C4H10N2O.C4H7NO3.C4H7NO2.C3H8N2O.C3H8N2S.C3H7NO2.2C3H7NOS.C3H7NO.C3H7NS2.C3H7NS/c1-5-4(7)6(2)3;1-5-3(6)4(7)8-2;1-3(6)4(7)5-2;2*1-4-3(6)5-2;2*1-4-3(5)6-2;1-4-3(6)5-2;1-3(5)4-2;1-4-3(5)6-2;1-3(5)4-2/h1-3H3,(H,5,7);1-2H3,(H,5,6);1-2H3,(H,5,7);2*1-2H3,(H2,4,5,6);2*1-2H3,(H,4,5);1-2H3,(H,4,6);1-2H3,(H,4,5);1-2H3,(H,4,5);1-2H3,(H,4,5). The lowest BCUT2D eigenvalue weighted by Gasteiger charge is -2.06. The van der Waals surface area contributed by atoms with E-state index in [9.17, 15) is 43.2 Å². The molecule has 26 nitrogen and oxygen atoms in total. The number of carbonyl (C=O) groups is 9. The second-order valence-corrected chi connectivity index (χ2v) is 13.5. The molecule has 0 atom stereocenters. The third-order valence-corrected chi connectivity index (χ3v) is 7.77. The van der Waals surface area contributed by atoms with E-state index in [1.54, 1.807) is 88.5 Å². The van der Waals surface area contributed by atoms with Crippen LogP contribution >= 0.6 is 72.4 Å². The van der Waals surface area contributed by atoms with Crippen LogP contribution in [0.3, 0.4) is 0 Å². The molecule has 0 saturated carbocycles. The van der Waals surface area contributed by atoms with Gasteiger partial charge in [-0.3, -0.25) is 24.0 Å². The van der Waals surface area contributed by atoms with Crippen LogP contribution in [0, 0.1) is 0 Å². The average Bonchev–Trinajstić information content (AvgIpc) is 3.37. The fourth-order valence-corrected chi connectivity index (χ4v) is 1.66. The van der Waals surface area contributed by atoms with Crippen molar-refractivity contribution in [3.8, 4) is 0 Å². The Bertz CT molecular complexity index is 1190. The van der Waals surface area contributed by atoms with Gasteiger partial charge in [0, 0.05) is 120 Å². The van der Waals surface area contributed by atoms with Crippen molar-refractivity contribution in [2.45, 2.75) is 20.8 Å². The average molecular weight is 1100 g/mol. The predicted molar refractivity (Wildman–Crippen MR) is 294 cm³/mol. The Morgan fingerprint density at radius 2 is 0.853 bits per heavy atom. The maximum Gasteiger partial charge on any atom is 0.406 e. The van der Waals surface area contributed by atoms with Crippen LogP contribution < -0.4 is 69.1 Å². The molecule has 0 aromatic carbocycles. The van der Waals surface area contributed by atoms with Crippen molar-refractivity contribution >= 4 is 145 Å². The molecule has 0 rings (SSSR count). The first kappa shape index (κ1) is 89.3. The topological polar surface area (TPSA) is 341 Å². The molecule has 68 heavy (non-hydrogen) atoms. The highest BCUT2D eigenvalue weighted by atomic mass is 32.2. The second-order valence-electron chi connectivity index (χ2n) is 9.89. The summed E-state index contributed by atoms with van der Waals surface area (Å²) in [6, 6.07) is -0.227. The van der Waals surface area contributed by atoms with Crippen LogP contribution in [0.15, 0.2) is 0 Å². The van der Waals surface area contributed by atoms with Crippen LogP contribution in [0.1, 0.15) is 20.8 Å². The number of methoxy groups -OCH3 is 3. The maximum absolute atomic E-state index is 10.3. The molecule has 0 saturated heterocycles. The van der Waals surface area contributed by atoms with Crippen LogP contribution in [0.2, 0.25) is 0 Å². The molecule has 0 aromatic heterocycles. The van der Waals surface area contributed by atoms with Gasteiger partial charge in [-0.2, -0.15) is 0 Å². The number of Topliss-reactive ketones (excluding diaryl/α,β-unsaturated/α-hetero) is 1. The number of ketones is 1. The van der Waals surface area contributed by atoms with Crippen molar-refractivity contribution < 1.29 is 57.4 Å². The number of hydrogen-bond donors (Lipinski definition) is 13. The number of likely N-dealkylation sites (N-methyl/N-ethyl adjacent to an activating group) is 2. The smallest absolute Gasteiger partial charge is 0.406 e. The normalized spacial score (nSPS) is 7.34. The molecule has 404 valence electrons. The molecule has 0 fully saturated rings. The van der Waals surface area contributed by atoms with E-state index in [-0.39, 0.29) is 23.2 Å². The number of rotatable bonds is 1. The lowest BCUT2D eigenvalue weighted by atomic mass is 10.4. The molecule has 0 spiro atoms. The second kappa shape index (κ2) is 76.0. The Labute approximate surface area is 434 Å². The lowest BCUT2D eigenvalue weighted by molar-refractivity contribution is -0.152. The molecule has 32 heteroatoms. The Hall–Kier alpha value is -5.31. The zero-order chi connectivity index (χ0) is 56.8. The Morgan fingerprint density at radius 3 is 0.868 bits per heavy atom. The molecule has 0 unspecified atom stereocenters. The minimum atomic E-state index is -0.868. The zero-order valence-corrected chi connectivity index (χ0v) is 48.7. The number of carbonyl (C=O) groups excluding carboxylic acids is 9. The molecule has 0 bridgehead atoms. The van der Waals surface area contributed by atoms with Gasteiger partial charge in [-0.15, -0.1) is 11.8 Å². The summed E-state index contributed by atoms with van der Waals surface area (Å²) in [5.41, 5.74) is 0. The molecule has 0 radical (unpaired) electrons. The molecule has 0 aromatic rings. The number of nitrogens with zero attached hydrogens (tertiary/aromatic N) is 1. The van der Waals surface area contributed by atoms with Gasteiger partial charge in [0.05, 0.1) is 26.3 Å². The van der Waals surface area contributed by atoms with E-state index in [0.717, 1.165) is 16.4 Å². The Balaban J connectivity index is -0.0000000585. The van der Waals surface area contributed by atoms with Gasteiger partial charge in [0.15, 0.2) is 5.11 Å². The van der Waals surface area contributed by atoms with Gasteiger partial charge in [-0.25, -0.2) is 19.2 Å². The number of thiocarbonyl (C=S) groups is 4. The van der Waals surface area contributed by atoms with Crippen LogP contribution in [0.5, 0.6) is 0 Å². The zero-order valence-electron chi connectivity index (χ0n) is 43.8. The minimum absolute atomic E-state index is 0.00463. The summed E-state index contributed by atoms with van der Waals surface area (Å²) in [5.74, 6) is -2.59. The van der Waals surface area contributed by atoms with Crippen LogP contribution in [0.4, 0.5) is 19.2 Å². The fraction of sp³-hybridized carbons (Fsp3) is 0.639. The van der Waals surface area contributed by atoms with Crippen molar-refractivity contribution in [1.82, 2.24) is 74.0 Å². The van der Waals surface area contributed by atoms with Crippen molar-refractivity contribution in [2.24, 2.45) is 0 Å². The highest BCUT2D eigenvalue weighted by Gasteiger charge is 2.08. The number of amides is 9. The van der Waals surface area contributed by atoms with Gasteiger partial charge < -0.3 is 88.2 Å². The van der Waals surface area contributed by atoms with Crippen molar-refractivity contribution in [3.63, 3.8) is 0 Å². The number of alkyl carbamates (subject to hydrolysis) is 1. The number of hydrogen-bond acceptors (Lipinski definition) is 18. The van der Waals surface area contributed by atoms with Gasteiger partial charge in [0.1, 0.15) is 4.32 Å². The number of esters is 1. The first-order valence-corrected chi connectivity index (χ1v) is 22.7.